The van der Waals surface area contributed by atoms with E-state index in [0.717, 1.165) is 17.7 Å². The standard InChI is InChI=1S/C86H113FN10O17.CH3/c1-55-44-66(100)26-31-77(104)94-36-10-8-9-35-93-53-63(68-50-64(87)24-30-72(68)93)48-62-49-73(101)70(90-81(106)69(89-80(55)105)29-25-65(99)33-40-112-42-43-113-41-39-97(4,5)6)47-60-15-11-16-61(45-60)51-88-76(103)54-114-74-32-38-95(84(62)109)79(74)83(108)92-78(56(2)98)82(107)91-71(46-58-22-27-67(111-7)28-23-58)85(110)96-37-13-34-86(96,3)75(102)17-12-14-57-18-20-59(52-94)21-19-57;/h11,15-16,18-24,27-28,30,45,50,53,55-56,62,69-71,74,78-79,98H,8-10,12-14,17,25-26,29,31-44,46-49,51-52,54H2,1-7H3,(H4-,88,89,90,91,92,103,105,106,107,108);1H3/q;-1/p+1/t55-,56-,62-,69-,70+,71+,74+,78+,79+,86+;/m1./s1. The zero-order chi connectivity index (χ0) is 81.8. The number of amides is 8. The highest BCUT2D eigenvalue weighted by molar-refractivity contribution is 6.00. The summed E-state index contributed by atoms with van der Waals surface area (Å²) >= 11 is 0. The summed E-state index contributed by atoms with van der Waals surface area (Å²) in [7, 11) is 7.65. The number of benzene rings is 4. The van der Waals surface area contributed by atoms with Gasteiger partial charge in [0.2, 0.25) is 47.3 Å². The largest absolute Gasteiger partial charge is 0.497 e. The molecule has 6 aliphatic heterocycles. The van der Waals surface area contributed by atoms with Gasteiger partial charge in [0.25, 0.3) is 0 Å². The second kappa shape index (κ2) is 41.8. The number of carbonyl (C=O) groups excluding carboxylic acids is 12. The van der Waals surface area contributed by atoms with E-state index < -0.39 is 126 Å². The maximum atomic E-state index is 16.3. The lowest BCUT2D eigenvalue weighted by Crippen LogP contribution is -2.62. The number of ketones is 4. The Morgan fingerprint density at radius 1 is 0.687 bits per heavy atom. The van der Waals surface area contributed by atoms with Crippen LogP contribution in [0.3, 0.4) is 0 Å². The van der Waals surface area contributed by atoms with E-state index >= 15 is 33.2 Å². The van der Waals surface area contributed by atoms with Crippen molar-refractivity contribution in [1.82, 2.24) is 45.9 Å². The Morgan fingerprint density at radius 2 is 1.41 bits per heavy atom. The fourth-order valence-electron chi connectivity index (χ4n) is 15.9. The van der Waals surface area contributed by atoms with Crippen LogP contribution in [0.25, 0.3) is 10.9 Å². The number of aliphatic hydroxyl groups is 1. The molecule has 2 fully saturated rings. The first-order valence-corrected chi connectivity index (χ1v) is 40.3. The second-order valence-electron chi connectivity index (χ2n) is 32.5. The van der Waals surface area contributed by atoms with Gasteiger partial charge in [-0.05, 0) is 148 Å². The van der Waals surface area contributed by atoms with E-state index in [4.69, 9.17) is 18.9 Å². The van der Waals surface area contributed by atoms with Gasteiger partial charge in [-0.25, -0.2) is 4.39 Å². The van der Waals surface area contributed by atoms with Gasteiger partial charge in [-0.2, -0.15) is 0 Å². The van der Waals surface area contributed by atoms with Crippen molar-refractivity contribution in [3.8, 4) is 5.75 Å². The number of quaternary nitrogens is 1. The first-order chi connectivity index (χ1) is 54.5. The third-order valence-corrected chi connectivity index (χ3v) is 22.6. The number of methoxy groups -OCH3 is 1. The number of nitrogens with one attached hydrogen (secondary N) is 5. The summed E-state index contributed by atoms with van der Waals surface area (Å²) in [4.78, 5) is 184. The van der Waals surface area contributed by atoms with Crippen molar-refractivity contribution in [1.29, 1.82) is 0 Å². The minimum atomic E-state index is -1.83. The molecule has 5 aromatic rings. The van der Waals surface area contributed by atoms with Gasteiger partial charge in [0.15, 0.2) is 11.6 Å². The van der Waals surface area contributed by atoms with Crippen molar-refractivity contribution in [2.24, 2.45) is 11.8 Å². The van der Waals surface area contributed by atoms with Crippen molar-refractivity contribution in [2.75, 3.05) is 87.5 Å². The molecule has 115 heavy (non-hydrogen) atoms. The van der Waals surface area contributed by atoms with Crippen LogP contribution in [0.15, 0.2) is 97.2 Å². The van der Waals surface area contributed by atoms with Gasteiger partial charge in [0.05, 0.1) is 78.5 Å². The summed E-state index contributed by atoms with van der Waals surface area (Å²) in [5.41, 5.74) is 3.13. The molecule has 0 radical (unpaired) electrons. The Labute approximate surface area is 673 Å². The smallest absolute Gasteiger partial charge is 0.246 e. The van der Waals surface area contributed by atoms with Crippen LogP contribution in [0.5, 0.6) is 5.75 Å². The Bertz CT molecular complexity index is 4260. The van der Waals surface area contributed by atoms with Crippen molar-refractivity contribution in [3.63, 3.8) is 0 Å². The SMILES string of the molecule is COc1ccc(C[C@@H]2NC(=O)[C@H]([C@@H](C)O)NC(=O)[C@@H]3[C@@H]4CCN3C(=O)[C@H]3CC(=O)[C@H](Cc5cccc(c5)CNC(=O)CO4)NC(=O)[C@@H](CCC(=O)CCOCCOCC[N+](C)(C)C)NC(=O)[C@H](C)CC(=O)CCC(=O)N(CCCCCn4cc(c5cc(F)ccc54)C3)Cc3ccc(cc3)CCCC(=O)[C@]3(C)CCCN3C2=O)cc1.[CH3-]. The molecule has 0 spiro atoms. The van der Waals surface area contributed by atoms with Crippen LogP contribution in [-0.2, 0) is 117 Å². The summed E-state index contributed by atoms with van der Waals surface area (Å²) in [6.45, 7) is 6.51. The predicted molar refractivity (Wildman–Crippen MR) is 428 cm³/mol. The molecule has 27 nitrogen and oxygen atoms in total. The van der Waals surface area contributed by atoms with Crippen LogP contribution in [-0.4, -0.2) is 235 Å². The van der Waals surface area contributed by atoms with E-state index in [9.17, 15) is 33.9 Å². The lowest BCUT2D eigenvalue weighted by molar-refractivity contribution is -0.870. The zero-order valence-corrected chi connectivity index (χ0v) is 67.9. The number of aryl methyl sites for hydroxylation is 2. The van der Waals surface area contributed by atoms with Gasteiger partial charge in [-0.3, -0.25) is 57.5 Å². The van der Waals surface area contributed by atoms with Gasteiger partial charge in [0.1, 0.15) is 60.5 Å². The molecule has 0 saturated carbocycles. The number of aromatic nitrogens is 1. The number of nitrogens with zero attached hydrogens (tertiary/aromatic N) is 5. The number of halogens is 1. The summed E-state index contributed by atoms with van der Waals surface area (Å²) in [5.74, 6) is -10.1. The van der Waals surface area contributed by atoms with Gasteiger partial charge in [-0.15, -0.1) is 0 Å². The fourth-order valence-corrected chi connectivity index (χ4v) is 15.9. The number of fused-ring (bicyclic) bond motifs is 16. The van der Waals surface area contributed by atoms with Gasteiger partial charge >= 0.3 is 0 Å². The van der Waals surface area contributed by atoms with Crippen LogP contribution >= 0.6 is 0 Å². The molecule has 7 heterocycles. The number of aliphatic hydroxyl groups excluding tert-OH is 1. The van der Waals surface area contributed by atoms with Crippen LogP contribution in [0.4, 0.5) is 4.39 Å². The highest BCUT2D eigenvalue weighted by Crippen LogP contribution is 2.35. The Balaban J connectivity index is 0.0000151. The minimum Gasteiger partial charge on any atom is -0.497 e. The van der Waals surface area contributed by atoms with Crippen molar-refractivity contribution >= 4 is 81.3 Å². The van der Waals surface area contributed by atoms with E-state index in [1.807, 2.05) is 50.0 Å². The number of likely N-dealkylation sites (N-methyl/N-ethyl adjacent to an activating group) is 1. The molecule has 10 atom stereocenters. The van der Waals surface area contributed by atoms with Gasteiger partial charge < -0.3 is 81.8 Å². The summed E-state index contributed by atoms with van der Waals surface area (Å²) in [6, 6.07) is 17.8. The normalized spacial score (nSPS) is 24.6. The highest BCUT2D eigenvalue weighted by Gasteiger charge is 2.49. The van der Waals surface area contributed by atoms with Gasteiger partial charge in [0, 0.05) is 120 Å². The van der Waals surface area contributed by atoms with Crippen molar-refractivity contribution in [3.05, 3.63) is 144 Å². The third-order valence-electron chi connectivity index (χ3n) is 22.6. The van der Waals surface area contributed by atoms with E-state index in [0.29, 0.717) is 115 Å². The van der Waals surface area contributed by atoms with Crippen LogP contribution < -0.4 is 31.3 Å². The lowest BCUT2D eigenvalue weighted by atomic mass is 9.88. The number of hydrogen-bond acceptors (Lipinski definition) is 17. The molecule has 12 bridgehead atoms. The Kier molecular flexibility index (Phi) is 32.5. The molecule has 1 aromatic heterocycles. The van der Waals surface area contributed by atoms with Crippen LogP contribution in [0.2, 0.25) is 0 Å². The molecule has 6 aliphatic rings. The van der Waals surface area contributed by atoms with Crippen molar-refractivity contribution < 1.29 is 90.5 Å². The number of hydrogen-bond donors (Lipinski definition) is 6. The monoisotopic (exact) mass is 1590 g/mol. The summed E-state index contributed by atoms with van der Waals surface area (Å²) < 4.78 is 41.7. The molecule has 0 aliphatic carbocycles. The fraction of sp³-hybridized carbons (Fsp3) is 0.552. The van der Waals surface area contributed by atoms with E-state index in [-0.39, 0.29) is 141 Å². The Morgan fingerprint density at radius 3 is 2.15 bits per heavy atom. The van der Waals surface area contributed by atoms with E-state index in [1.165, 1.54) is 42.9 Å². The minimum absolute atomic E-state index is 0. The molecular formula is C87H117FN10O17. The van der Waals surface area contributed by atoms with Crippen LogP contribution in [0, 0.1) is 25.1 Å². The highest BCUT2D eigenvalue weighted by atomic mass is 19.1. The van der Waals surface area contributed by atoms with Crippen molar-refractivity contribution in [2.45, 2.75) is 210 Å². The molecular weight excluding hydrogens is 1480 g/mol. The molecule has 8 amide bonds. The molecule has 4 aromatic carbocycles. The number of Topliss-reactive ketones (excluding diaryl/α,β-unsaturated/α-hetero) is 4. The predicted octanol–water partition coefficient (Wildman–Crippen LogP) is 6.13. The molecule has 2 saturated heterocycles. The Hall–Kier alpha value is -9.61. The number of carbonyl (C=O) groups is 12. The topological polar surface area (TPSA) is 337 Å². The van der Waals surface area contributed by atoms with Gasteiger partial charge in [-0.1, -0.05) is 67.6 Å². The maximum Gasteiger partial charge on any atom is 0.246 e. The molecule has 0 unspecified atom stereocenters. The summed E-state index contributed by atoms with van der Waals surface area (Å²) in [5, 5.41) is 26.1. The molecule has 6 N–H and O–H groups in total. The lowest BCUT2D eigenvalue weighted by Gasteiger charge is -2.37. The quantitative estimate of drug-likeness (QED) is 0.0367. The number of ether oxygens (including phenoxy) is 4. The summed E-state index contributed by atoms with van der Waals surface area (Å²) in [6.07, 6.45) is -0.162. The molecule has 28 heteroatoms. The first kappa shape index (κ1) is 89.3. The first-order valence-electron chi connectivity index (χ1n) is 40.3. The van der Waals surface area contributed by atoms with E-state index in [2.05, 4.69) is 26.6 Å². The molecule has 624 valence electrons. The number of rotatable bonds is 16. The molecule has 11 rings (SSSR count). The maximum absolute atomic E-state index is 16.3. The average molecular weight is 1590 g/mol. The zero-order valence-electron chi connectivity index (χ0n) is 67.9. The third kappa shape index (κ3) is 25.0. The average Bonchev–Trinajstić information content (AvgIpc) is 1.68. The second-order valence-corrected chi connectivity index (χ2v) is 32.5. The van der Waals surface area contributed by atoms with E-state index in [1.54, 1.807) is 72.6 Å². The van der Waals surface area contributed by atoms with Crippen LogP contribution in [0.1, 0.15) is 150 Å².